The van der Waals surface area contributed by atoms with Crippen LogP contribution in [0.2, 0.25) is 0 Å². The van der Waals surface area contributed by atoms with Crippen molar-refractivity contribution in [3.05, 3.63) is 42.5 Å². The smallest absolute Gasteiger partial charge is 0.473 e. The van der Waals surface area contributed by atoms with Crippen molar-refractivity contribution in [3.63, 3.8) is 0 Å². The molecule has 0 spiro atoms. The molecule has 0 fully saturated rings. The van der Waals surface area contributed by atoms with Crippen molar-refractivity contribution in [2.24, 2.45) is 11.7 Å². The standard InChI is InChI=1S/C19H19F3N2O3/c1-11(2)16(23)10-25-18-15-9-13(5-8-17(15)27-24-18)12-3-6-14(7-4-12)26-19(20,21)22/h3-9,11,16H,10,23H2,1-2H3. The maximum absolute atomic E-state index is 12.3. The lowest BCUT2D eigenvalue weighted by molar-refractivity contribution is -0.274. The molecular weight excluding hydrogens is 361 g/mol. The van der Waals surface area contributed by atoms with E-state index in [0.29, 0.717) is 23.5 Å². The van der Waals surface area contributed by atoms with Crippen molar-refractivity contribution in [2.45, 2.75) is 26.3 Å². The molecule has 3 aromatic rings. The number of fused-ring (bicyclic) bond motifs is 1. The summed E-state index contributed by atoms with van der Waals surface area (Å²) in [5.74, 6) is 0.320. The molecule has 0 saturated carbocycles. The average molecular weight is 380 g/mol. The van der Waals surface area contributed by atoms with Gasteiger partial charge in [-0.3, -0.25) is 0 Å². The van der Waals surface area contributed by atoms with Gasteiger partial charge in [-0.05, 0) is 46.5 Å². The normalized spacial score (nSPS) is 13.1. The van der Waals surface area contributed by atoms with Crippen LogP contribution in [-0.4, -0.2) is 24.2 Å². The van der Waals surface area contributed by atoms with Gasteiger partial charge in [-0.15, -0.1) is 13.2 Å². The number of hydrogen-bond acceptors (Lipinski definition) is 5. The second kappa shape index (κ2) is 7.48. The first-order valence-electron chi connectivity index (χ1n) is 8.37. The summed E-state index contributed by atoms with van der Waals surface area (Å²) >= 11 is 0. The minimum Gasteiger partial charge on any atom is -0.473 e. The van der Waals surface area contributed by atoms with E-state index in [2.05, 4.69) is 9.89 Å². The Bertz CT molecular complexity index is 905. The zero-order chi connectivity index (χ0) is 19.6. The molecular formula is C19H19F3N2O3. The first-order chi connectivity index (χ1) is 12.7. The van der Waals surface area contributed by atoms with Crippen LogP contribution in [0.4, 0.5) is 13.2 Å². The third-order valence-electron chi connectivity index (χ3n) is 4.13. The summed E-state index contributed by atoms with van der Waals surface area (Å²) in [7, 11) is 0. The molecule has 1 unspecified atom stereocenters. The summed E-state index contributed by atoms with van der Waals surface area (Å²) in [4.78, 5) is 0. The van der Waals surface area contributed by atoms with E-state index in [9.17, 15) is 13.2 Å². The molecule has 0 radical (unpaired) electrons. The molecule has 144 valence electrons. The fraction of sp³-hybridized carbons (Fsp3) is 0.316. The summed E-state index contributed by atoms with van der Waals surface area (Å²) in [6, 6.07) is 10.8. The van der Waals surface area contributed by atoms with E-state index in [1.54, 1.807) is 24.3 Å². The Morgan fingerprint density at radius 1 is 1.07 bits per heavy atom. The van der Waals surface area contributed by atoms with E-state index in [-0.39, 0.29) is 17.7 Å². The Morgan fingerprint density at radius 2 is 1.74 bits per heavy atom. The molecule has 0 bridgehead atoms. The third-order valence-corrected chi connectivity index (χ3v) is 4.13. The fourth-order valence-electron chi connectivity index (χ4n) is 2.42. The first kappa shape index (κ1) is 19.0. The lowest BCUT2D eigenvalue weighted by atomic mass is 10.0. The predicted octanol–water partition coefficient (Wildman–Crippen LogP) is 4.76. The Morgan fingerprint density at radius 3 is 2.37 bits per heavy atom. The summed E-state index contributed by atoms with van der Waals surface area (Å²) in [6.07, 6.45) is -4.72. The number of benzene rings is 2. The zero-order valence-electron chi connectivity index (χ0n) is 14.8. The number of alkyl halides is 3. The third kappa shape index (κ3) is 4.71. The van der Waals surface area contributed by atoms with Crippen molar-refractivity contribution in [1.29, 1.82) is 0 Å². The summed E-state index contributed by atoms with van der Waals surface area (Å²) in [6.45, 7) is 4.30. The molecule has 0 aliphatic rings. The van der Waals surface area contributed by atoms with Crippen LogP contribution in [0.25, 0.3) is 22.1 Å². The Kier molecular flexibility index (Phi) is 5.27. The Balaban J connectivity index is 1.82. The van der Waals surface area contributed by atoms with Gasteiger partial charge in [-0.25, -0.2) is 0 Å². The van der Waals surface area contributed by atoms with Crippen LogP contribution in [0.3, 0.4) is 0 Å². The van der Waals surface area contributed by atoms with Gasteiger partial charge in [0.15, 0.2) is 5.58 Å². The fourth-order valence-corrected chi connectivity index (χ4v) is 2.42. The van der Waals surface area contributed by atoms with Gasteiger partial charge in [0.05, 0.1) is 5.39 Å². The van der Waals surface area contributed by atoms with E-state index < -0.39 is 6.36 Å². The van der Waals surface area contributed by atoms with Gasteiger partial charge in [0, 0.05) is 6.04 Å². The highest BCUT2D eigenvalue weighted by Gasteiger charge is 2.31. The van der Waals surface area contributed by atoms with E-state index >= 15 is 0 Å². The van der Waals surface area contributed by atoms with Gasteiger partial charge >= 0.3 is 6.36 Å². The highest BCUT2D eigenvalue weighted by atomic mass is 19.4. The van der Waals surface area contributed by atoms with Crippen LogP contribution in [0.1, 0.15) is 13.8 Å². The molecule has 2 aromatic carbocycles. The first-order valence-corrected chi connectivity index (χ1v) is 8.37. The van der Waals surface area contributed by atoms with E-state index in [0.717, 1.165) is 11.1 Å². The summed E-state index contributed by atoms with van der Waals surface area (Å²) in [5, 5.41) is 4.58. The summed E-state index contributed by atoms with van der Waals surface area (Å²) < 4.78 is 51.6. The predicted molar refractivity (Wildman–Crippen MR) is 94.4 cm³/mol. The highest BCUT2D eigenvalue weighted by molar-refractivity contribution is 5.87. The van der Waals surface area contributed by atoms with Crippen molar-refractivity contribution in [3.8, 4) is 22.8 Å². The Labute approximate surface area is 153 Å². The SMILES string of the molecule is CC(C)C(N)COc1noc2ccc(-c3ccc(OC(F)(F)F)cc3)cc12. The number of nitrogens with two attached hydrogens (primary N) is 1. The molecule has 3 rings (SSSR count). The van der Waals surface area contributed by atoms with Crippen molar-refractivity contribution in [2.75, 3.05) is 6.61 Å². The molecule has 0 amide bonds. The quantitative estimate of drug-likeness (QED) is 0.668. The molecule has 1 aromatic heterocycles. The van der Waals surface area contributed by atoms with E-state index in [1.165, 1.54) is 12.1 Å². The van der Waals surface area contributed by atoms with Crippen LogP contribution in [0, 0.1) is 5.92 Å². The maximum atomic E-state index is 12.3. The number of nitrogens with zero attached hydrogens (tertiary/aromatic N) is 1. The van der Waals surface area contributed by atoms with Gasteiger partial charge in [-0.2, -0.15) is 0 Å². The van der Waals surface area contributed by atoms with Gasteiger partial charge in [0.1, 0.15) is 12.4 Å². The van der Waals surface area contributed by atoms with Crippen LogP contribution >= 0.6 is 0 Å². The highest BCUT2D eigenvalue weighted by Crippen LogP contribution is 2.32. The van der Waals surface area contributed by atoms with Gasteiger partial charge < -0.3 is 19.7 Å². The maximum Gasteiger partial charge on any atom is 0.573 e. The average Bonchev–Trinajstić information content (AvgIpc) is 3.01. The van der Waals surface area contributed by atoms with Crippen LogP contribution in [-0.2, 0) is 0 Å². The molecule has 0 saturated heterocycles. The second-order valence-corrected chi connectivity index (χ2v) is 6.49. The number of halogens is 3. The zero-order valence-corrected chi connectivity index (χ0v) is 14.8. The van der Waals surface area contributed by atoms with Crippen molar-refractivity contribution in [1.82, 2.24) is 5.16 Å². The summed E-state index contributed by atoms with van der Waals surface area (Å²) in [5.41, 5.74) is 8.03. The molecule has 1 heterocycles. The van der Waals surface area contributed by atoms with Gasteiger partial charge in [0.25, 0.3) is 5.88 Å². The topological polar surface area (TPSA) is 70.5 Å². The Hall–Kier alpha value is -2.74. The number of hydrogen-bond donors (Lipinski definition) is 1. The second-order valence-electron chi connectivity index (χ2n) is 6.49. The number of aromatic nitrogens is 1. The monoisotopic (exact) mass is 380 g/mol. The van der Waals surface area contributed by atoms with Gasteiger partial charge in [0.2, 0.25) is 0 Å². The van der Waals surface area contributed by atoms with Crippen LogP contribution < -0.4 is 15.2 Å². The molecule has 0 aliphatic carbocycles. The largest absolute Gasteiger partial charge is 0.573 e. The molecule has 0 aliphatic heterocycles. The number of rotatable bonds is 6. The van der Waals surface area contributed by atoms with E-state index in [1.807, 2.05) is 19.9 Å². The molecule has 5 nitrogen and oxygen atoms in total. The van der Waals surface area contributed by atoms with Crippen LogP contribution in [0.5, 0.6) is 11.6 Å². The van der Waals surface area contributed by atoms with Crippen molar-refractivity contribution >= 4 is 11.0 Å². The molecule has 2 N–H and O–H groups in total. The molecule has 8 heteroatoms. The number of ether oxygens (including phenoxy) is 2. The van der Waals surface area contributed by atoms with Crippen LogP contribution in [0.15, 0.2) is 47.0 Å². The minimum absolute atomic E-state index is 0.138. The van der Waals surface area contributed by atoms with Crippen molar-refractivity contribution < 1.29 is 27.2 Å². The molecule has 27 heavy (non-hydrogen) atoms. The molecule has 1 atom stereocenters. The minimum atomic E-state index is -4.72. The van der Waals surface area contributed by atoms with E-state index in [4.69, 9.17) is 15.0 Å². The van der Waals surface area contributed by atoms with Gasteiger partial charge in [-0.1, -0.05) is 32.0 Å². The lowest BCUT2D eigenvalue weighted by Crippen LogP contribution is -2.33. The lowest BCUT2D eigenvalue weighted by Gasteiger charge is -2.14.